The predicted molar refractivity (Wildman–Crippen MR) is 174 cm³/mol. The highest BCUT2D eigenvalue weighted by atomic mass is 16.3. The summed E-state index contributed by atoms with van der Waals surface area (Å²) in [5.41, 5.74) is 4.14. The molecule has 0 spiro atoms. The van der Waals surface area contributed by atoms with Crippen LogP contribution in [0.1, 0.15) is 13.7 Å². The van der Waals surface area contributed by atoms with Crippen LogP contribution in [0.4, 0.5) is 0 Å². The van der Waals surface area contributed by atoms with Crippen LogP contribution in [0, 0.1) is 0 Å². The lowest BCUT2D eigenvalue weighted by atomic mass is 9.87. The molecule has 0 aliphatic heterocycles. The molecule has 0 bridgehead atoms. The molecule has 1 nitrogen and oxygen atoms in total. The van der Waals surface area contributed by atoms with Crippen LogP contribution in [0.15, 0.2) is 150 Å². The molecular formula is C40H24O. The summed E-state index contributed by atoms with van der Waals surface area (Å²) in [5, 5.41) is 7.24. The van der Waals surface area contributed by atoms with Gasteiger partial charge in [0, 0.05) is 16.3 Å². The van der Waals surface area contributed by atoms with Gasteiger partial charge in [0.2, 0.25) is 0 Å². The van der Waals surface area contributed by atoms with E-state index in [0.29, 0.717) is 22.3 Å². The second-order valence-corrected chi connectivity index (χ2v) is 10.1. The van der Waals surface area contributed by atoms with Crippen molar-refractivity contribution >= 4 is 54.3 Å². The molecule has 8 aromatic carbocycles. The summed E-state index contributed by atoms with van der Waals surface area (Å²) in [6.07, 6.45) is 0. The maximum Gasteiger partial charge on any atom is 0.143 e. The first-order valence-electron chi connectivity index (χ1n) is 18.3. The van der Waals surface area contributed by atoms with Gasteiger partial charge in [0.15, 0.2) is 0 Å². The van der Waals surface area contributed by atoms with E-state index in [1.54, 1.807) is 12.1 Å². The Bertz CT molecular complexity index is 2920. The quantitative estimate of drug-likeness (QED) is 0.207. The first-order valence-corrected chi connectivity index (χ1v) is 13.3. The Labute approximate surface area is 251 Å². The van der Waals surface area contributed by atoms with Crippen molar-refractivity contribution in [1.29, 1.82) is 0 Å². The summed E-state index contributed by atoms with van der Waals surface area (Å²) >= 11 is 0. The molecule has 190 valence electrons. The number of para-hydroxylation sites is 1. The van der Waals surface area contributed by atoms with Crippen LogP contribution in [0.25, 0.3) is 87.6 Å². The lowest BCUT2D eigenvalue weighted by Gasteiger charge is -2.16. The van der Waals surface area contributed by atoms with Crippen LogP contribution in [0.3, 0.4) is 0 Å². The van der Waals surface area contributed by atoms with Crippen LogP contribution in [0.2, 0.25) is 0 Å². The highest BCUT2D eigenvalue weighted by molar-refractivity contribution is 6.27. The monoisotopic (exact) mass is 530 g/mol. The minimum atomic E-state index is -0.450. The molecule has 0 atom stereocenters. The van der Waals surface area contributed by atoms with E-state index in [0.717, 1.165) is 54.2 Å². The van der Waals surface area contributed by atoms with Crippen molar-refractivity contribution in [2.24, 2.45) is 0 Å². The van der Waals surface area contributed by atoms with E-state index in [4.69, 9.17) is 18.1 Å². The minimum absolute atomic E-state index is 0.0839. The summed E-state index contributed by atoms with van der Waals surface area (Å²) in [7, 11) is 0. The van der Waals surface area contributed by atoms with Crippen LogP contribution >= 0.6 is 0 Å². The highest BCUT2D eigenvalue weighted by Gasteiger charge is 2.17. The van der Waals surface area contributed by atoms with E-state index in [1.165, 1.54) is 0 Å². The average Bonchev–Trinajstić information content (AvgIpc) is 3.53. The molecule has 0 N–H and O–H groups in total. The zero-order chi connectivity index (χ0) is 35.6. The van der Waals surface area contributed by atoms with E-state index < -0.39 is 24.2 Å². The van der Waals surface area contributed by atoms with Crippen molar-refractivity contribution in [3.63, 3.8) is 0 Å². The third-order valence-electron chi connectivity index (χ3n) is 8.01. The minimum Gasteiger partial charge on any atom is -0.455 e. The van der Waals surface area contributed by atoms with E-state index in [9.17, 15) is 0 Å². The van der Waals surface area contributed by atoms with Gasteiger partial charge in [-0.05, 0) is 72.3 Å². The van der Waals surface area contributed by atoms with Crippen LogP contribution in [-0.2, 0) is 0 Å². The van der Waals surface area contributed by atoms with Gasteiger partial charge >= 0.3 is 0 Å². The fourth-order valence-electron chi connectivity index (χ4n) is 6.20. The summed E-state index contributed by atoms with van der Waals surface area (Å²) in [4.78, 5) is 0. The molecule has 0 radical (unpaired) electrons. The molecule has 1 heteroatoms. The first-order chi connectivity index (χ1) is 24.5. The standard InChI is InChI=1S/C40H24O/c1-3-8-25(9-4-1)30-19-14-27-17-22-34-31(20-15-28-16-21-33(30)38(27)39(28)34)29-18-23-37-36(24-29)35-13-7-12-32(40(35)41-37)26-10-5-2-6-11-26/h1-24H/i1D,2D,3D,4D,5D,6D,8D,9D,10D,11D. The molecule has 0 saturated carbocycles. The van der Waals surface area contributed by atoms with Gasteiger partial charge in [0.05, 0.1) is 13.7 Å². The predicted octanol–water partition coefficient (Wildman–Crippen LogP) is 11.5. The molecular weight excluding hydrogens is 496 g/mol. The van der Waals surface area contributed by atoms with Gasteiger partial charge in [-0.1, -0.05) is 133 Å². The van der Waals surface area contributed by atoms with Gasteiger partial charge in [-0.25, -0.2) is 0 Å². The smallest absolute Gasteiger partial charge is 0.143 e. The van der Waals surface area contributed by atoms with Crippen LogP contribution in [-0.4, -0.2) is 0 Å². The fraction of sp³-hybridized carbons (Fsp3) is 0. The number of benzene rings is 8. The molecule has 0 unspecified atom stereocenters. The number of hydrogen-bond acceptors (Lipinski definition) is 1. The van der Waals surface area contributed by atoms with Gasteiger partial charge in [0.25, 0.3) is 0 Å². The Morgan fingerprint density at radius 2 is 1.02 bits per heavy atom. The summed E-state index contributed by atoms with van der Waals surface area (Å²) in [6, 6.07) is 23.7. The molecule has 0 saturated heterocycles. The maximum absolute atomic E-state index is 8.65. The number of rotatable bonds is 3. The van der Waals surface area contributed by atoms with E-state index >= 15 is 0 Å². The van der Waals surface area contributed by atoms with E-state index in [-0.39, 0.29) is 47.4 Å². The van der Waals surface area contributed by atoms with Crippen molar-refractivity contribution < 1.29 is 18.1 Å². The van der Waals surface area contributed by atoms with Crippen LogP contribution in [0.5, 0.6) is 0 Å². The molecule has 9 aromatic rings. The van der Waals surface area contributed by atoms with Crippen molar-refractivity contribution in [3.8, 4) is 33.4 Å². The number of furan rings is 1. The van der Waals surface area contributed by atoms with Crippen molar-refractivity contribution in [2.75, 3.05) is 0 Å². The Morgan fingerprint density at radius 1 is 0.439 bits per heavy atom. The van der Waals surface area contributed by atoms with Gasteiger partial charge in [0.1, 0.15) is 11.2 Å². The molecule has 41 heavy (non-hydrogen) atoms. The second-order valence-electron chi connectivity index (χ2n) is 10.1. The van der Waals surface area contributed by atoms with Gasteiger partial charge < -0.3 is 4.42 Å². The second kappa shape index (κ2) is 8.55. The van der Waals surface area contributed by atoms with Gasteiger partial charge in [-0.3, -0.25) is 0 Å². The molecule has 0 aliphatic carbocycles. The van der Waals surface area contributed by atoms with Crippen molar-refractivity contribution in [2.45, 2.75) is 0 Å². The van der Waals surface area contributed by atoms with E-state index in [2.05, 4.69) is 18.2 Å². The third-order valence-corrected chi connectivity index (χ3v) is 8.01. The van der Waals surface area contributed by atoms with Crippen molar-refractivity contribution in [1.82, 2.24) is 0 Å². The van der Waals surface area contributed by atoms with E-state index in [1.807, 2.05) is 54.6 Å². The van der Waals surface area contributed by atoms with Gasteiger partial charge in [-0.2, -0.15) is 0 Å². The Balaban J connectivity index is 1.27. The average molecular weight is 531 g/mol. The summed E-state index contributed by atoms with van der Waals surface area (Å²) in [6.45, 7) is 0. The van der Waals surface area contributed by atoms with Gasteiger partial charge in [-0.15, -0.1) is 0 Å². The Morgan fingerprint density at radius 3 is 1.68 bits per heavy atom. The maximum atomic E-state index is 8.65. The summed E-state index contributed by atoms with van der Waals surface area (Å²) < 4.78 is 89.7. The topological polar surface area (TPSA) is 13.1 Å². The lowest BCUT2D eigenvalue weighted by molar-refractivity contribution is 0.670. The zero-order valence-electron chi connectivity index (χ0n) is 31.5. The normalized spacial score (nSPS) is 15.3. The zero-order valence-corrected chi connectivity index (χ0v) is 21.5. The highest BCUT2D eigenvalue weighted by Crippen LogP contribution is 2.43. The number of hydrogen-bond donors (Lipinski definition) is 0. The van der Waals surface area contributed by atoms with Crippen molar-refractivity contribution in [3.05, 3.63) is 145 Å². The molecule has 1 heterocycles. The molecule has 9 rings (SSSR count). The Hall–Kier alpha value is -5.40. The fourth-order valence-corrected chi connectivity index (χ4v) is 6.20. The Kier molecular flexibility index (Phi) is 3.09. The SMILES string of the molecule is [2H]c1c([2H])c([2H])c(-c2ccc3ccc4c(-c5ccc6oc7c(-c8c([2H])c([2H])c([2H])c([2H])c8[2H])cccc7c6c5)ccc5ccc2c3c54)c([2H])c1[2H]. The molecule has 0 fully saturated rings. The molecule has 1 aromatic heterocycles. The lowest BCUT2D eigenvalue weighted by Crippen LogP contribution is -1.89. The molecule has 0 amide bonds. The third kappa shape index (κ3) is 3.30. The first kappa shape index (κ1) is 14.8. The van der Waals surface area contributed by atoms with Crippen LogP contribution < -0.4 is 0 Å². The largest absolute Gasteiger partial charge is 0.455 e. The summed E-state index contributed by atoms with van der Waals surface area (Å²) in [5.74, 6) is 0. The molecule has 0 aliphatic rings. The number of fused-ring (bicyclic) bond motifs is 3.